The second kappa shape index (κ2) is 7.61. The minimum atomic E-state index is -1.17. The van der Waals surface area contributed by atoms with Gasteiger partial charge in [0.2, 0.25) is 0 Å². The molecule has 2 aromatic carbocycles. The molecule has 2 N–H and O–H groups in total. The number of ketones is 1. The minimum Gasteiger partial charge on any atom is -0.507 e. The van der Waals surface area contributed by atoms with Crippen molar-refractivity contribution in [2.45, 2.75) is 13.0 Å². The van der Waals surface area contributed by atoms with Crippen molar-refractivity contribution in [2.24, 2.45) is 0 Å². The number of β-amino-alcohol motifs (C(OH)–C–C–N with tert-alkyl or cyclic N) is 1. The first-order valence-electron chi connectivity index (χ1n) is 8.56. The maximum Gasteiger partial charge on any atom is 0.295 e. The molecule has 0 saturated carbocycles. The summed E-state index contributed by atoms with van der Waals surface area (Å²) in [6.45, 7) is 1.22. The number of hydrogen-bond acceptors (Lipinski definition) is 6. The molecule has 0 radical (unpaired) electrons. The molecular weight excluding hydrogens is 364 g/mol. The molecule has 1 aliphatic rings. The van der Waals surface area contributed by atoms with Crippen LogP contribution in [0.15, 0.2) is 54.1 Å². The molecule has 8 nitrogen and oxygen atoms in total. The SMILES string of the molecule is Cc1ccc(/C(O)=C2\C(=O)C(=O)N(CCO)[C@@H]2c2ccccc2[N+](=O)[O-])cc1. The number of nitro benzene ring substituents is 1. The van der Waals surface area contributed by atoms with Crippen molar-refractivity contribution in [3.63, 3.8) is 0 Å². The van der Waals surface area contributed by atoms with Crippen LogP contribution in [-0.2, 0) is 9.59 Å². The molecule has 1 heterocycles. The van der Waals surface area contributed by atoms with Crippen LogP contribution in [0.25, 0.3) is 5.76 Å². The Hall–Kier alpha value is -3.52. The van der Waals surface area contributed by atoms with E-state index in [-0.39, 0.29) is 23.4 Å². The van der Waals surface area contributed by atoms with Crippen LogP contribution in [0.5, 0.6) is 0 Å². The summed E-state index contributed by atoms with van der Waals surface area (Å²) in [5.74, 6) is -2.29. The summed E-state index contributed by atoms with van der Waals surface area (Å²) in [6.07, 6.45) is 0. The summed E-state index contributed by atoms with van der Waals surface area (Å²) in [5.41, 5.74) is 0.821. The minimum absolute atomic E-state index is 0.0915. The third kappa shape index (κ3) is 3.25. The highest BCUT2D eigenvalue weighted by atomic mass is 16.6. The van der Waals surface area contributed by atoms with Crippen molar-refractivity contribution >= 4 is 23.1 Å². The Morgan fingerprint density at radius 3 is 2.39 bits per heavy atom. The van der Waals surface area contributed by atoms with Gasteiger partial charge in [-0.25, -0.2) is 0 Å². The summed E-state index contributed by atoms with van der Waals surface area (Å²) < 4.78 is 0. The number of hydrogen-bond donors (Lipinski definition) is 2. The number of carbonyl (C=O) groups excluding carboxylic acids is 2. The molecule has 1 atom stereocenters. The number of aliphatic hydroxyl groups is 2. The Morgan fingerprint density at radius 1 is 1.14 bits per heavy atom. The topological polar surface area (TPSA) is 121 Å². The lowest BCUT2D eigenvalue weighted by atomic mass is 9.94. The fourth-order valence-electron chi connectivity index (χ4n) is 3.29. The molecule has 3 rings (SSSR count). The molecule has 8 heteroatoms. The molecule has 2 aromatic rings. The Labute approximate surface area is 160 Å². The van der Waals surface area contributed by atoms with Gasteiger partial charge in [0.15, 0.2) is 0 Å². The highest BCUT2D eigenvalue weighted by Gasteiger charge is 2.47. The van der Waals surface area contributed by atoms with Crippen LogP contribution >= 0.6 is 0 Å². The van der Waals surface area contributed by atoms with Gasteiger partial charge in [-0.2, -0.15) is 0 Å². The average molecular weight is 382 g/mol. The van der Waals surface area contributed by atoms with Gasteiger partial charge in [0.1, 0.15) is 5.76 Å². The maximum absolute atomic E-state index is 12.7. The zero-order chi connectivity index (χ0) is 20.4. The van der Waals surface area contributed by atoms with Crippen molar-refractivity contribution in [3.05, 3.63) is 80.9 Å². The van der Waals surface area contributed by atoms with E-state index in [1.165, 1.54) is 18.2 Å². The molecule has 1 saturated heterocycles. The molecule has 0 aliphatic carbocycles. The van der Waals surface area contributed by atoms with E-state index in [9.17, 15) is 29.9 Å². The van der Waals surface area contributed by atoms with Gasteiger partial charge in [0, 0.05) is 18.2 Å². The number of para-hydroxylation sites is 1. The number of amides is 1. The lowest BCUT2D eigenvalue weighted by molar-refractivity contribution is -0.385. The van der Waals surface area contributed by atoms with E-state index in [1.807, 2.05) is 6.92 Å². The van der Waals surface area contributed by atoms with Crippen LogP contribution in [0.2, 0.25) is 0 Å². The average Bonchev–Trinajstić information content (AvgIpc) is 2.93. The number of nitrogens with zero attached hydrogens (tertiary/aromatic N) is 2. The molecule has 144 valence electrons. The molecule has 28 heavy (non-hydrogen) atoms. The number of carbonyl (C=O) groups is 2. The monoisotopic (exact) mass is 382 g/mol. The van der Waals surface area contributed by atoms with Crippen LogP contribution < -0.4 is 0 Å². The van der Waals surface area contributed by atoms with Crippen LogP contribution in [0.1, 0.15) is 22.7 Å². The first-order valence-corrected chi connectivity index (χ1v) is 8.56. The first kappa shape index (κ1) is 19.2. The Morgan fingerprint density at radius 2 is 1.79 bits per heavy atom. The summed E-state index contributed by atoms with van der Waals surface area (Å²) in [7, 11) is 0. The molecule has 1 fully saturated rings. The summed E-state index contributed by atoms with van der Waals surface area (Å²) >= 11 is 0. The highest BCUT2D eigenvalue weighted by molar-refractivity contribution is 6.46. The molecule has 0 spiro atoms. The number of rotatable bonds is 5. The molecule has 0 unspecified atom stereocenters. The Bertz CT molecular complexity index is 980. The van der Waals surface area contributed by atoms with Crippen LogP contribution in [-0.4, -0.2) is 44.9 Å². The van der Waals surface area contributed by atoms with E-state index in [0.29, 0.717) is 5.56 Å². The second-order valence-electron chi connectivity index (χ2n) is 6.40. The zero-order valence-corrected chi connectivity index (χ0v) is 15.0. The van der Waals surface area contributed by atoms with Crippen LogP contribution in [0, 0.1) is 17.0 Å². The zero-order valence-electron chi connectivity index (χ0n) is 15.0. The van der Waals surface area contributed by atoms with Gasteiger partial charge < -0.3 is 15.1 Å². The first-order chi connectivity index (χ1) is 13.4. The second-order valence-corrected chi connectivity index (χ2v) is 6.40. The van der Waals surface area contributed by atoms with Crippen molar-refractivity contribution in [2.75, 3.05) is 13.2 Å². The van der Waals surface area contributed by atoms with Crippen LogP contribution in [0.4, 0.5) is 5.69 Å². The number of nitro groups is 1. The molecule has 1 aliphatic heterocycles. The van der Waals surface area contributed by atoms with Gasteiger partial charge in [-0.1, -0.05) is 42.0 Å². The standard InChI is InChI=1S/C20H18N2O6/c1-12-6-8-13(9-7-12)18(24)16-17(21(10-11-23)20(26)19(16)25)14-4-2-3-5-15(14)22(27)28/h2-9,17,23-24H,10-11H2,1H3/b18-16+/t17-/m1/s1. The van der Waals surface area contributed by atoms with Crippen molar-refractivity contribution < 1.29 is 24.7 Å². The Balaban J connectivity index is 2.26. The smallest absolute Gasteiger partial charge is 0.295 e. The van der Waals surface area contributed by atoms with Crippen LogP contribution in [0.3, 0.4) is 0 Å². The largest absolute Gasteiger partial charge is 0.507 e. The van der Waals surface area contributed by atoms with E-state index < -0.39 is 35.0 Å². The number of aliphatic hydroxyl groups excluding tert-OH is 2. The number of Topliss-reactive ketones (excluding diaryl/α,β-unsaturated/α-hetero) is 1. The number of likely N-dealkylation sites (tertiary alicyclic amines) is 1. The van der Waals surface area contributed by atoms with Gasteiger partial charge >= 0.3 is 0 Å². The lowest BCUT2D eigenvalue weighted by Gasteiger charge is -2.24. The van der Waals surface area contributed by atoms with E-state index in [4.69, 9.17) is 0 Å². The summed E-state index contributed by atoms with van der Waals surface area (Å²) in [5, 5.41) is 31.6. The lowest BCUT2D eigenvalue weighted by Crippen LogP contribution is -2.32. The number of aryl methyl sites for hydroxylation is 1. The van der Waals surface area contributed by atoms with Gasteiger partial charge in [0.25, 0.3) is 17.4 Å². The van der Waals surface area contributed by atoms with E-state index in [2.05, 4.69) is 0 Å². The predicted molar refractivity (Wildman–Crippen MR) is 100 cm³/mol. The fraction of sp³-hybridized carbons (Fsp3) is 0.200. The summed E-state index contributed by atoms with van der Waals surface area (Å²) in [6, 6.07) is 11.2. The van der Waals surface area contributed by atoms with Gasteiger partial charge in [-0.3, -0.25) is 19.7 Å². The van der Waals surface area contributed by atoms with Crippen molar-refractivity contribution in [1.82, 2.24) is 4.90 Å². The van der Waals surface area contributed by atoms with E-state index >= 15 is 0 Å². The van der Waals surface area contributed by atoms with Crippen molar-refractivity contribution in [3.8, 4) is 0 Å². The molecular formula is C20H18N2O6. The molecule has 0 bridgehead atoms. The predicted octanol–water partition coefficient (Wildman–Crippen LogP) is 2.32. The molecule has 1 amide bonds. The normalized spacial score (nSPS) is 18.5. The van der Waals surface area contributed by atoms with Crippen molar-refractivity contribution in [1.29, 1.82) is 0 Å². The third-order valence-corrected chi connectivity index (χ3v) is 4.63. The fourth-order valence-corrected chi connectivity index (χ4v) is 3.29. The van der Waals surface area contributed by atoms with Gasteiger partial charge in [-0.05, 0) is 13.0 Å². The summed E-state index contributed by atoms with van der Waals surface area (Å²) in [4.78, 5) is 37.1. The van der Waals surface area contributed by atoms with Gasteiger partial charge in [-0.15, -0.1) is 0 Å². The van der Waals surface area contributed by atoms with Gasteiger partial charge in [0.05, 0.1) is 28.7 Å². The molecule has 0 aromatic heterocycles. The number of benzene rings is 2. The highest BCUT2D eigenvalue weighted by Crippen LogP contribution is 2.42. The quantitative estimate of drug-likeness (QED) is 0.269. The Kier molecular flexibility index (Phi) is 5.23. The van der Waals surface area contributed by atoms with E-state index in [1.54, 1.807) is 30.3 Å². The third-order valence-electron chi connectivity index (χ3n) is 4.63. The maximum atomic E-state index is 12.7. The van der Waals surface area contributed by atoms with E-state index in [0.717, 1.165) is 10.5 Å².